The van der Waals surface area contributed by atoms with Gasteiger partial charge in [0.15, 0.2) is 0 Å². The molecule has 1 aromatic carbocycles. The highest BCUT2D eigenvalue weighted by molar-refractivity contribution is 5.87. The Hall–Kier alpha value is -1.88. The maximum atomic E-state index is 11.7. The Morgan fingerprint density at radius 1 is 1.42 bits per heavy atom. The van der Waals surface area contributed by atoms with Crippen molar-refractivity contribution in [2.45, 2.75) is 25.3 Å². The van der Waals surface area contributed by atoms with Crippen LogP contribution in [0.2, 0.25) is 0 Å². The highest BCUT2D eigenvalue weighted by Gasteiger charge is 2.21. The van der Waals surface area contributed by atoms with Crippen LogP contribution in [0.1, 0.15) is 28.8 Å². The van der Waals surface area contributed by atoms with Gasteiger partial charge in [-0.3, -0.25) is 4.79 Å². The monoisotopic (exact) mass is 262 g/mol. The Bertz CT molecular complexity index is 468. The summed E-state index contributed by atoms with van der Waals surface area (Å²) in [5.41, 5.74) is 1.20. The maximum absolute atomic E-state index is 11.7. The van der Waals surface area contributed by atoms with E-state index in [9.17, 15) is 9.59 Å². The molecule has 1 heterocycles. The Morgan fingerprint density at radius 2 is 2.26 bits per heavy atom. The van der Waals surface area contributed by atoms with Gasteiger partial charge in [-0.05, 0) is 43.5 Å². The Kier molecular flexibility index (Phi) is 4.52. The van der Waals surface area contributed by atoms with Crippen LogP contribution < -0.4 is 10.6 Å². The molecule has 2 rings (SSSR count). The first kappa shape index (κ1) is 13.5. The van der Waals surface area contributed by atoms with Crippen LogP contribution in [0.3, 0.4) is 0 Å². The van der Waals surface area contributed by atoms with Gasteiger partial charge in [-0.1, -0.05) is 12.1 Å². The van der Waals surface area contributed by atoms with Crippen molar-refractivity contribution in [3.63, 3.8) is 0 Å². The van der Waals surface area contributed by atoms with Crippen molar-refractivity contribution in [2.75, 3.05) is 13.1 Å². The summed E-state index contributed by atoms with van der Waals surface area (Å²) in [6.45, 7) is 1.43. The number of carboxylic acids is 1. The van der Waals surface area contributed by atoms with Gasteiger partial charge in [-0.2, -0.15) is 0 Å². The smallest absolute Gasteiger partial charge is 0.335 e. The minimum Gasteiger partial charge on any atom is -0.478 e. The summed E-state index contributed by atoms with van der Waals surface area (Å²) in [7, 11) is 0. The van der Waals surface area contributed by atoms with Gasteiger partial charge in [0.05, 0.1) is 11.6 Å². The maximum Gasteiger partial charge on any atom is 0.335 e. The normalized spacial score (nSPS) is 18.2. The predicted octanol–water partition coefficient (Wildman–Crippen LogP) is 0.795. The molecule has 1 unspecified atom stereocenters. The zero-order chi connectivity index (χ0) is 13.7. The summed E-state index contributed by atoms with van der Waals surface area (Å²) in [5, 5.41) is 14.9. The summed E-state index contributed by atoms with van der Waals surface area (Å²) in [6.07, 6.45) is 2.57. The predicted molar refractivity (Wildman–Crippen MR) is 71.1 cm³/mol. The topological polar surface area (TPSA) is 78.4 Å². The minimum absolute atomic E-state index is 0.0342. The van der Waals surface area contributed by atoms with Crippen molar-refractivity contribution < 1.29 is 14.7 Å². The molecule has 1 aliphatic heterocycles. The second kappa shape index (κ2) is 6.33. The summed E-state index contributed by atoms with van der Waals surface area (Å²) < 4.78 is 0. The van der Waals surface area contributed by atoms with E-state index >= 15 is 0 Å². The summed E-state index contributed by atoms with van der Waals surface area (Å²) >= 11 is 0. The van der Waals surface area contributed by atoms with E-state index in [1.54, 1.807) is 18.2 Å². The number of aromatic carboxylic acids is 1. The molecule has 0 aliphatic carbocycles. The molecule has 102 valence electrons. The Balaban J connectivity index is 1.80. The van der Waals surface area contributed by atoms with Gasteiger partial charge in [-0.15, -0.1) is 0 Å². The largest absolute Gasteiger partial charge is 0.478 e. The molecule has 0 saturated carbocycles. The number of carbonyl (C=O) groups is 2. The van der Waals surface area contributed by atoms with E-state index in [0.29, 0.717) is 13.0 Å². The third-order valence-corrected chi connectivity index (χ3v) is 3.26. The molecule has 3 N–H and O–H groups in total. The van der Waals surface area contributed by atoms with Crippen molar-refractivity contribution in [1.82, 2.24) is 10.6 Å². The molecule has 0 radical (unpaired) electrons. The zero-order valence-corrected chi connectivity index (χ0v) is 10.7. The zero-order valence-electron chi connectivity index (χ0n) is 10.7. The fourth-order valence-corrected chi connectivity index (χ4v) is 2.22. The summed E-state index contributed by atoms with van der Waals surface area (Å²) in [5.74, 6) is -0.895. The molecule has 5 heteroatoms. The highest BCUT2D eigenvalue weighted by atomic mass is 16.4. The molecule has 1 aliphatic rings. The minimum atomic E-state index is -0.930. The van der Waals surface area contributed by atoms with Crippen molar-refractivity contribution in [2.24, 2.45) is 0 Å². The lowest BCUT2D eigenvalue weighted by atomic mass is 10.1. The quantitative estimate of drug-likeness (QED) is 0.733. The SMILES string of the molecule is O=C(O)c1cccc(CCNC(=O)C2CCCN2)c1. The highest BCUT2D eigenvalue weighted by Crippen LogP contribution is 2.07. The van der Waals surface area contributed by atoms with Crippen LogP contribution in [0.25, 0.3) is 0 Å². The number of carboxylic acid groups (broad SMARTS) is 1. The lowest BCUT2D eigenvalue weighted by Crippen LogP contribution is -2.41. The average molecular weight is 262 g/mol. The lowest BCUT2D eigenvalue weighted by molar-refractivity contribution is -0.122. The van der Waals surface area contributed by atoms with Crippen molar-refractivity contribution >= 4 is 11.9 Å². The van der Waals surface area contributed by atoms with Crippen molar-refractivity contribution in [1.29, 1.82) is 0 Å². The van der Waals surface area contributed by atoms with E-state index in [0.717, 1.165) is 24.9 Å². The third kappa shape index (κ3) is 3.79. The second-order valence-electron chi connectivity index (χ2n) is 4.70. The van der Waals surface area contributed by atoms with Gasteiger partial charge in [-0.25, -0.2) is 4.79 Å². The number of benzene rings is 1. The number of rotatable bonds is 5. The van der Waals surface area contributed by atoms with Crippen LogP contribution >= 0.6 is 0 Å². The summed E-state index contributed by atoms with van der Waals surface area (Å²) in [4.78, 5) is 22.6. The number of amides is 1. The number of hydrogen-bond acceptors (Lipinski definition) is 3. The van der Waals surface area contributed by atoms with Gasteiger partial charge in [0.1, 0.15) is 0 Å². The molecule has 0 aromatic heterocycles. The van der Waals surface area contributed by atoms with Gasteiger partial charge >= 0.3 is 5.97 Å². The van der Waals surface area contributed by atoms with Crippen LogP contribution in [-0.4, -0.2) is 36.1 Å². The van der Waals surface area contributed by atoms with Crippen LogP contribution in [0.15, 0.2) is 24.3 Å². The molecule has 1 fully saturated rings. The first-order valence-electron chi connectivity index (χ1n) is 6.50. The molecular weight excluding hydrogens is 244 g/mol. The molecule has 1 atom stereocenters. The van der Waals surface area contributed by atoms with E-state index in [-0.39, 0.29) is 17.5 Å². The van der Waals surface area contributed by atoms with E-state index in [1.807, 2.05) is 6.07 Å². The van der Waals surface area contributed by atoms with Gasteiger partial charge < -0.3 is 15.7 Å². The molecular formula is C14H18N2O3. The third-order valence-electron chi connectivity index (χ3n) is 3.26. The molecule has 5 nitrogen and oxygen atoms in total. The van der Waals surface area contributed by atoms with Crippen LogP contribution in [-0.2, 0) is 11.2 Å². The van der Waals surface area contributed by atoms with Gasteiger partial charge in [0.2, 0.25) is 5.91 Å². The number of hydrogen-bond donors (Lipinski definition) is 3. The van der Waals surface area contributed by atoms with Gasteiger partial charge in [0.25, 0.3) is 0 Å². The van der Waals surface area contributed by atoms with Crippen molar-refractivity contribution in [3.05, 3.63) is 35.4 Å². The molecule has 19 heavy (non-hydrogen) atoms. The van der Waals surface area contributed by atoms with E-state index in [2.05, 4.69) is 10.6 Å². The van der Waals surface area contributed by atoms with E-state index < -0.39 is 5.97 Å². The molecule has 1 aromatic rings. The van der Waals surface area contributed by atoms with E-state index in [4.69, 9.17) is 5.11 Å². The standard InChI is InChI=1S/C14H18N2O3/c17-13(12-5-2-7-15-12)16-8-6-10-3-1-4-11(9-10)14(18)19/h1,3-4,9,12,15H,2,5-8H2,(H,16,17)(H,18,19). The second-order valence-corrected chi connectivity index (χ2v) is 4.70. The Morgan fingerprint density at radius 3 is 2.95 bits per heavy atom. The van der Waals surface area contributed by atoms with Crippen molar-refractivity contribution in [3.8, 4) is 0 Å². The fourth-order valence-electron chi connectivity index (χ4n) is 2.22. The fraction of sp³-hybridized carbons (Fsp3) is 0.429. The van der Waals surface area contributed by atoms with Crippen LogP contribution in [0, 0.1) is 0 Å². The molecule has 0 bridgehead atoms. The Labute approximate surface area is 112 Å². The number of carbonyl (C=O) groups excluding carboxylic acids is 1. The molecule has 1 saturated heterocycles. The first-order chi connectivity index (χ1) is 9.16. The van der Waals surface area contributed by atoms with E-state index in [1.165, 1.54) is 0 Å². The molecule has 1 amide bonds. The van der Waals surface area contributed by atoms with Crippen LogP contribution in [0.5, 0.6) is 0 Å². The first-order valence-corrected chi connectivity index (χ1v) is 6.50. The average Bonchev–Trinajstić information content (AvgIpc) is 2.93. The van der Waals surface area contributed by atoms with Gasteiger partial charge in [0, 0.05) is 6.54 Å². The lowest BCUT2D eigenvalue weighted by Gasteiger charge is -2.11. The van der Waals surface area contributed by atoms with Crippen LogP contribution in [0.4, 0.5) is 0 Å². The molecule has 0 spiro atoms. The summed E-state index contributed by atoms with van der Waals surface area (Å²) in [6, 6.07) is 6.73. The number of nitrogens with one attached hydrogen (secondary N) is 2.